The number of halogens is 2. The quantitative estimate of drug-likeness (QED) is 0.205. The molecule has 1 heterocycles. The monoisotopic (exact) mass is 568 g/mol. The third kappa shape index (κ3) is 6.27. The number of sulfonamides is 1. The van der Waals surface area contributed by atoms with Crippen LogP contribution in [0.15, 0.2) is 84.0 Å². The fourth-order valence-corrected chi connectivity index (χ4v) is 5.27. The van der Waals surface area contributed by atoms with Crippen LogP contribution in [0.2, 0.25) is 10.0 Å². The van der Waals surface area contributed by atoms with E-state index in [2.05, 4.69) is 10.5 Å². The summed E-state index contributed by atoms with van der Waals surface area (Å²) in [7, 11) is -3.53. The number of carbonyl (C=O) groups excluding carboxylic acids is 1. The van der Waals surface area contributed by atoms with E-state index in [1.165, 1.54) is 4.31 Å². The van der Waals surface area contributed by atoms with Crippen LogP contribution in [0.1, 0.15) is 32.9 Å². The third-order valence-corrected chi connectivity index (χ3v) is 7.87. The third-order valence-electron chi connectivity index (χ3n) is 5.99. The average Bonchev–Trinajstić information content (AvgIpc) is 3.17. The van der Waals surface area contributed by atoms with Crippen molar-refractivity contribution in [3.63, 3.8) is 0 Å². The number of carbonyl (C=O) groups is 1. The van der Waals surface area contributed by atoms with Crippen molar-refractivity contribution < 1.29 is 13.2 Å². The van der Waals surface area contributed by atoms with Crippen LogP contribution in [-0.4, -0.2) is 31.4 Å². The van der Waals surface area contributed by atoms with Crippen LogP contribution in [0.4, 0.5) is 5.69 Å². The Morgan fingerprint density at radius 2 is 1.66 bits per heavy atom. The second kappa shape index (κ2) is 11.4. The number of nitrogens with one attached hydrogen (secondary N) is 1. The van der Waals surface area contributed by atoms with Gasteiger partial charge < -0.3 is 4.57 Å². The largest absolute Gasteiger partial charge is 0.318 e. The van der Waals surface area contributed by atoms with Crippen molar-refractivity contribution in [2.75, 3.05) is 10.6 Å². The Morgan fingerprint density at radius 1 is 0.974 bits per heavy atom. The van der Waals surface area contributed by atoms with Crippen LogP contribution in [0.3, 0.4) is 0 Å². The van der Waals surface area contributed by atoms with Crippen LogP contribution >= 0.6 is 23.2 Å². The molecule has 4 rings (SSSR count). The van der Waals surface area contributed by atoms with Gasteiger partial charge in [0.1, 0.15) is 0 Å². The lowest BCUT2D eigenvalue weighted by Gasteiger charge is -2.22. The number of hydrazone groups is 1. The first kappa shape index (κ1) is 27.4. The van der Waals surface area contributed by atoms with E-state index in [-0.39, 0.29) is 6.54 Å². The van der Waals surface area contributed by atoms with Crippen molar-refractivity contribution in [1.29, 1.82) is 0 Å². The summed E-state index contributed by atoms with van der Waals surface area (Å²) in [6, 6.07) is 23.0. The topological polar surface area (TPSA) is 83.8 Å². The fourth-order valence-electron chi connectivity index (χ4n) is 4.09. The Labute approximate surface area is 232 Å². The van der Waals surface area contributed by atoms with Crippen LogP contribution in [0.5, 0.6) is 0 Å². The molecule has 3 aromatic carbocycles. The van der Waals surface area contributed by atoms with Gasteiger partial charge in [-0.2, -0.15) is 5.10 Å². The van der Waals surface area contributed by atoms with Crippen molar-refractivity contribution in [3.8, 4) is 5.69 Å². The number of hydrogen-bond donors (Lipinski definition) is 1. The molecule has 196 valence electrons. The van der Waals surface area contributed by atoms with Crippen LogP contribution < -0.4 is 9.73 Å². The molecule has 0 saturated carbocycles. The maximum atomic E-state index is 12.7. The molecule has 0 aliphatic heterocycles. The van der Waals surface area contributed by atoms with E-state index in [1.807, 2.05) is 60.9 Å². The van der Waals surface area contributed by atoms with Crippen molar-refractivity contribution in [2.45, 2.75) is 20.4 Å². The minimum Gasteiger partial charge on any atom is -0.318 e. The number of amides is 1. The highest BCUT2D eigenvalue weighted by Gasteiger charge is 2.18. The van der Waals surface area contributed by atoms with E-state index < -0.39 is 15.9 Å². The Bertz CT molecular complexity index is 1600. The molecule has 1 N–H and O–H groups in total. The Kier molecular flexibility index (Phi) is 8.26. The summed E-state index contributed by atoms with van der Waals surface area (Å²) < 4.78 is 28.2. The second-order valence-corrected chi connectivity index (χ2v) is 11.5. The zero-order valence-corrected chi connectivity index (χ0v) is 23.3. The Balaban J connectivity index is 1.47. The molecule has 0 radical (unpaired) electrons. The van der Waals surface area contributed by atoms with Gasteiger partial charge in [-0.3, -0.25) is 9.10 Å². The normalized spacial score (nSPS) is 11.6. The van der Waals surface area contributed by atoms with E-state index in [9.17, 15) is 13.2 Å². The maximum absolute atomic E-state index is 12.7. The van der Waals surface area contributed by atoms with E-state index in [1.54, 1.807) is 42.6 Å². The first-order chi connectivity index (χ1) is 18.0. The molecule has 0 unspecified atom stereocenters. The summed E-state index contributed by atoms with van der Waals surface area (Å²) in [6.07, 6.45) is 2.73. The van der Waals surface area contributed by atoms with Gasteiger partial charge in [0.05, 0.1) is 34.7 Å². The lowest BCUT2D eigenvalue weighted by molar-refractivity contribution is 0.0955. The zero-order valence-electron chi connectivity index (χ0n) is 21.0. The van der Waals surface area contributed by atoms with Crippen molar-refractivity contribution >= 4 is 51.0 Å². The van der Waals surface area contributed by atoms with Crippen LogP contribution in [0.25, 0.3) is 5.69 Å². The standard InChI is InChI=1S/C28H26Cl2N4O3S/c1-19-15-23(20(2)34(19)25-13-14-26(29)27(30)16-25)17-31-32-28(35)22-9-11-24(12-10-22)33(38(3,36)37)18-21-7-5-4-6-8-21/h4-17H,18H2,1-3H3,(H,32,35)/b31-17-. The molecule has 7 nitrogen and oxygen atoms in total. The van der Waals surface area contributed by atoms with Crippen LogP contribution in [0, 0.1) is 13.8 Å². The lowest BCUT2D eigenvalue weighted by Crippen LogP contribution is -2.29. The molecule has 38 heavy (non-hydrogen) atoms. The predicted octanol–water partition coefficient (Wildman–Crippen LogP) is 6.13. The smallest absolute Gasteiger partial charge is 0.271 e. The molecule has 0 saturated heterocycles. The molecule has 1 amide bonds. The van der Waals surface area contributed by atoms with Crippen molar-refractivity contribution in [2.24, 2.45) is 5.10 Å². The van der Waals surface area contributed by atoms with Gasteiger partial charge in [-0.05, 0) is 67.9 Å². The predicted molar refractivity (Wildman–Crippen MR) is 154 cm³/mol. The Morgan fingerprint density at radius 3 is 2.29 bits per heavy atom. The summed E-state index contributed by atoms with van der Waals surface area (Å²) in [6.45, 7) is 4.10. The molecule has 10 heteroatoms. The maximum Gasteiger partial charge on any atom is 0.271 e. The molecule has 1 aromatic heterocycles. The number of anilines is 1. The summed E-state index contributed by atoms with van der Waals surface area (Å²) >= 11 is 12.2. The lowest BCUT2D eigenvalue weighted by atomic mass is 10.2. The Hall–Kier alpha value is -3.59. The molecule has 0 atom stereocenters. The molecule has 4 aromatic rings. The molecule has 0 fully saturated rings. The molecule has 0 bridgehead atoms. The van der Waals surface area contributed by atoms with Crippen LogP contribution in [-0.2, 0) is 16.6 Å². The minimum atomic E-state index is -3.53. The molecular weight excluding hydrogens is 543 g/mol. The van der Waals surface area contributed by atoms with E-state index >= 15 is 0 Å². The van der Waals surface area contributed by atoms with Gasteiger partial charge in [0.2, 0.25) is 10.0 Å². The first-order valence-corrected chi connectivity index (χ1v) is 14.2. The van der Waals surface area contributed by atoms with Gasteiger partial charge in [-0.25, -0.2) is 13.8 Å². The molecule has 0 aliphatic rings. The van der Waals surface area contributed by atoms with Gasteiger partial charge in [0.25, 0.3) is 5.91 Å². The summed E-state index contributed by atoms with van der Waals surface area (Å²) in [5.74, 6) is -0.417. The summed E-state index contributed by atoms with van der Waals surface area (Å²) in [4.78, 5) is 12.7. The minimum absolute atomic E-state index is 0.191. The average molecular weight is 570 g/mol. The highest BCUT2D eigenvalue weighted by molar-refractivity contribution is 7.92. The first-order valence-electron chi connectivity index (χ1n) is 11.6. The number of benzene rings is 3. The van der Waals surface area contributed by atoms with Gasteiger partial charge in [-0.1, -0.05) is 53.5 Å². The SMILES string of the molecule is Cc1cc(/C=N\NC(=O)c2ccc(N(Cc3ccccc3)S(C)(=O)=O)cc2)c(C)n1-c1ccc(Cl)c(Cl)c1. The summed E-state index contributed by atoms with van der Waals surface area (Å²) in [5.41, 5.74) is 7.78. The number of aryl methyl sites for hydroxylation is 1. The number of hydrogen-bond acceptors (Lipinski definition) is 4. The highest BCUT2D eigenvalue weighted by atomic mass is 35.5. The molecule has 0 spiro atoms. The van der Waals surface area contributed by atoms with E-state index in [0.717, 1.165) is 34.5 Å². The zero-order chi connectivity index (χ0) is 27.4. The van der Waals surface area contributed by atoms with Gasteiger partial charge >= 0.3 is 0 Å². The number of nitrogens with zero attached hydrogens (tertiary/aromatic N) is 3. The van der Waals surface area contributed by atoms with Crippen molar-refractivity contribution in [3.05, 3.63) is 117 Å². The summed E-state index contributed by atoms with van der Waals surface area (Å²) in [5, 5.41) is 5.06. The number of aromatic nitrogens is 1. The molecule has 0 aliphatic carbocycles. The number of rotatable bonds is 8. The fraction of sp³-hybridized carbons (Fsp3) is 0.143. The highest BCUT2D eigenvalue weighted by Crippen LogP contribution is 2.27. The van der Waals surface area contributed by atoms with Gasteiger partial charge in [0, 0.05) is 28.2 Å². The van der Waals surface area contributed by atoms with Gasteiger partial charge in [-0.15, -0.1) is 0 Å². The van der Waals surface area contributed by atoms with Gasteiger partial charge in [0.15, 0.2) is 0 Å². The molecular formula is C28H26Cl2N4O3S. The van der Waals surface area contributed by atoms with E-state index in [4.69, 9.17) is 23.2 Å². The van der Waals surface area contributed by atoms with Crippen molar-refractivity contribution in [1.82, 2.24) is 9.99 Å². The van der Waals surface area contributed by atoms with E-state index in [0.29, 0.717) is 21.3 Å². The second-order valence-electron chi connectivity index (χ2n) is 8.76.